The fourth-order valence-electron chi connectivity index (χ4n) is 3.54. The normalized spacial score (nSPS) is 19.3. The maximum atomic E-state index is 12.5. The van der Waals surface area contributed by atoms with Crippen molar-refractivity contribution in [2.24, 2.45) is 5.92 Å². The highest BCUT2D eigenvalue weighted by Gasteiger charge is 2.26. The fraction of sp³-hybridized carbons (Fsp3) is 0.381. The van der Waals surface area contributed by atoms with E-state index in [-0.39, 0.29) is 30.0 Å². The molecule has 1 fully saturated rings. The summed E-state index contributed by atoms with van der Waals surface area (Å²) in [4.78, 5) is 14.1. The third-order valence-electron chi connectivity index (χ3n) is 4.85. The van der Waals surface area contributed by atoms with E-state index >= 15 is 0 Å². The van der Waals surface area contributed by atoms with Gasteiger partial charge in [-0.05, 0) is 35.1 Å². The van der Waals surface area contributed by atoms with Crippen LogP contribution in [0.2, 0.25) is 0 Å². The molecule has 0 aliphatic carbocycles. The molecule has 1 aliphatic heterocycles. The highest BCUT2D eigenvalue weighted by Crippen LogP contribution is 2.24. The van der Waals surface area contributed by atoms with Crippen molar-refractivity contribution in [2.45, 2.75) is 20.4 Å². The van der Waals surface area contributed by atoms with Gasteiger partial charge >= 0.3 is 6.03 Å². The van der Waals surface area contributed by atoms with Crippen LogP contribution in [0.5, 0.6) is 0 Å². The Morgan fingerprint density at radius 3 is 2.63 bits per heavy atom. The lowest BCUT2D eigenvalue weighted by Crippen LogP contribution is -2.42. The molecule has 2 amide bonds. The number of sulfone groups is 1. The summed E-state index contributed by atoms with van der Waals surface area (Å²) in [6.45, 7) is 5.08. The second-order valence-corrected chi connectivity index (χ2v) is 9.57. The van der Waals surface area contributed by atoms with Gasteiger partial charge in [0.1, 0.15) is 0 Å². The zero-order valence-corrected chi connectivity index (χ0v) is 16.6. The Hall–Kier alpha value is -2.34. The molecule has 27 heavy (non-hydrogen) atoms. The molecule has 2 aromatic carbocycles. The zero-order valence-electron chi connectivity index (χ0n) is 15.8. The van der Waals surface area contributed by atoms with Crippen molar-refractivity contribution in [1.29, 1.82) is 0 Å². The minimum atomic E-state index is -3.06. The molecule has 2 aromatic rings. The summed E-state index contributed by atoms with van der Waals surface area (Å²) >= 11 is 0. The van der Waals surface area contributed by atoms with Crippen LogP contribution in [0.25, 0.3) is 11.1 Å². The number of benzene rings is 2. The molecule has 0 spiro atoms. The summed E-state index contributed by atoms with van der Waals surface area (Å²) in [5.74, 6) is 0.141. The van der Waals surface area contributed by atoms with Crippen molar-refractivity contribution >= 4 is 15.9 Å². The summed E-state index contributed by atoms with van der Waals surface area (Å²) in [5.41, 5.74) is 4.53. The van der Waals surface area contributed by atoms with Gasteiger partial charge in [0.2, 0.25) is 0 Å². The molecular formula is C21H26N2O3S. The van der Waals surface area contributed by atoms with Gasteiger partial charge in [0.15, 0.2) is 9.84 Å². The molecule has 0 aromatic heterocycles. The quantitative estimate of drug-likeness (QED) is 0.881. The lowest BCUT2D eigenvalue weighted by molar-refractivity contribution is 0.195. The molecular weight excluding hydrogens is 360 g/mol. The predicted octanol–water partition coefficient (Wildman–Crippen LogP) is 3.24. The van der Waals surface area contributed by atoms with Gasteiger partial charge in [0.05, 0.1) is 11.5 Å². The van der Waals surface area contributed by atoms with Crippen LogP contribution in [0.3, 0.4) is 0 Å². The number of hydrogen-bond donors (Lipinski definition) is 1. The molecule has 1 N–H and O–H groups in total. The van der Waals surface area contributed by atoms with E-state index in [0.717, 1.165) is 11.1 Å². The monoisotopic (exact) mass is 386 g/mol. The molecule has 0 saturated carbocycles. The third kappa shape index (κ3) is 5.10. The standard InChI is InChI=1S/C21H26N2O3S/c1-16-14-23(10-11-27(25,26)15-16)21(24)22-13-18-8-9-20(17(2)12-18)19-6-4-3-5-7-19/h3-9,12,16H,10-11,13-15H2,1-2H3,(H,22,24). The first-order valence-electron chi connectivity index (χ1n) is 9.22. The molecule has 1 unspecified atom stereocenters. The second-order valence-electron chi connectivity index (χ2n) is 7.34. The fourth-order valence-corrected chi connectivity index (χ4v) is 5.18. The van der Waals surface area contributed by atoms with E-state index in [9.17, 15) is 13.2 Å². The van der Waals surface area contributed by atoms with Crippen LogP contribution < -0.4 is 5.32 Å². The number of nitrogens with one attached hydrogen (secondary N) is 1. The van der Waals surface area contributed by atoms with Gasteiger partial charge in [0, 0.05) is 19.6 Å². The summed E-state index contributed by atoms with van der Waals surface area (Å²) in [5, 5.41) is 2.92. The average Bonchev–Trinajstić information content (AvgIpc) is 2.77. The number of carbonyl (C=O) groups is 1. The lowest BCUT2D eigenvalue weighted by Gasteiger charge is -2.22. The molecule has 3 rings (SSSR count). The molecule has 1 aliphatic rings. The molecule has 5 nitrogen and oxygen atoms in total. The second kappa shape index (κ2) is 8.13. The summed E-state index contributed by atoms with van der Waals surface area (Å²) in [6, 6.07) is 16.2. The summed E-state index contributed by atoms with van der Waals surface area (Å²) < 4.78 is 23.7. The average molecular weight is 387 g/mol. The van der Waals surface area contributed by atoms with E-state index in [2.05, 4.69) is 36.5 Å². The van der Waals surface area contributed by atoms with E-state index in [4.69, 9.17) is 0 Å². The minimum Gasteiger partial charge on any atom is -0.334 e. The Morgan fingerprint density at radius 1 is 1.19 bits per heavy atom. The van der Waals surface area contributed by atoms with Crippen molar-refractivity contribution < 1.29 is 13.2 Å². The summed E-state index contributed by atoms with van der Waals surface area (Å²) in [6.07, 6.45) is 0. The van der Waals surface area contributed by atoms with Gasteiger partial charge < -0.3 is 10.2 Å². The molecule has 0 bridgehead atoms. The number of carbonyl (C=O) groups excluding carboxylic acids is 1. The molecule has 1 atom stereocenters. The predicted molar refractivity (Wildman–Crippen MR) is 108 cm³/mol. The first-order valence-corrected chi connectivity index (χ1v) is 11.0. The van der Waals surface area contributed by atoms with Crippen LogP contribution in [-0.2, 0) is 16.4 Å². The Kier molecular flexibility index (Phi) is 5.85. The number of hydrogen-bond acceptors (Lipinski definition) is 3. The van der Waals surface area contributed by atoms with Crippen molar-refractivity contribution in [3.8, 4) is 11.1 Å². The van der Waals surface area contributed by atoms with E-state index in [1.165, 1.54) is 11.1 Å². The van der Waals surface area contributed by atoms with E-state index < -0.39 is 9.84 Å². The van der Waals surface area contributed by atoms with Gasteiger partial charge in [-0.1, -0.05) is 55.5 Å². The topological polar surface area (TPSA) is 66.5 Å². The van der Waals surface area contributed by atoms with Crippen molar-refractivity contribution in [1.82, 2.24) is 10.2 Å². The maximum absolute atomic E-state index is 12.5. The molecule has 6 heteroatoms. The van der Waals surface area contributed by atoms with Crippen LogP contribution in [0.1, 0.15) is 18.1 Å². The van der Waals surface area contributed by atoms with Gasteiger partial charge in [-0.25, -0.2) is 13.2 Å². The smallest absolute Gasteiger partial charge is 0.317 e. The van der Waals surface area contributed by atoms with Crippen LogP contribution >= 0.6 is 0 Å². The third-order valence-corrected chi connectivity index (χ3v) is 6.73. The first kappa shape index (κ1) is 19.4. The Morgan fingerprint density at radius 2 is 1.93 bits per heavy atom. The van der Waals surface area contributed by atoms with Crippen LogP contribution in [-0.4, -0.2) is 43.9 Å². The van der Waals surface area contributed by atoms with Crippen molar-refractivity contribution in [2.75, 3.05) is 24.6 Å². The highest BCUT2D eigenvalue weighted by atomic mass is 32.2. The lowest BCUT2D eigenvalue weighted by atomic mass is 9.98. The number of aryl methyl sites for hydroxylation is 1. The van der Waals surface area contributed by atoms with Crippen LogP contribution in [0.4, 0.5) is 4.79 Å². The van der Waals surface area contributed by atoms with Gasteiger partial charge in [-0.2, -0.15) is 0 Å². The maximum Gasteiger partial charge on any atom is 0.317 e. The molecule has 0 radical (unpaired) electrons. The molecule has 1 heterocycles. The SMILES string of the molecule is Cc1cc(CNC(=O)N2CCS(=O)(=O)CC(C)C2)ccc1-c1ccccc1. The number of nitrogens with zero attached hydrogens (tertiary/aromatic N) is 1. The largest absolute Gasteiger partial charge is 0.334 e. The first-order chi connectivity index (χ1) is 12.8. The Labute approximate surface area is 161 Å². The minimum absolute atomic E-state index is 0.0373. The van der Waals surface area contributed by atoms with Gasteiger partial charge in [-0.3, -0.25) is 0 Å². The summed E-state index contributed by atoms with van der Waals surface area (Å²) in [7, 11) is -3.06. The molecule has 1 saturated heterocycles. The number of amides is 2. The van der Waals surface area contributed by atoms with Crippen LogP contribution in [0.15, 0.2) is 48.5 Å². The van der Waals surface area contributed by atoms with E-state index in [1.54, 1.807) is 4.90 Å². The molecule has 144 valence electrons. The van der Waals surface area contributed by atoms with Crippen molar-refractivity contribution in [3.63, 3.8) is 0 Å². The Balaban J connectivity index is 1.63. The van der Waals surface area contributed by atoms with Crippen molar-refractivity contribution in [3.05, 3.63) is 59.7 Å². The van der Waals surface area contributed by atoms with Crippen LogP contribution in [0, 0.1) is 12.8 Å². The van der Waals surface area contributed by atoms with E-state index in [1.807, 2.05) is 31.2 Å². The number of urea groups is 1. The zero-order chi connectivity index (χ0) is 19.4. The Bertz CT molecular complexity index is 910. The van der Waals surface area contributed by atoms with Gasteiger partial charge in [-0.15, -0.1) is 0 Å². The number of rotatable bonds is 3. The highest BCUT2D eigenvalue weighted by molar-refractivity contribution is 7.91. The van der Waals surface area contributed by atoms with E-state index in [0.29, 0.717) is 13.1 Å². The van der Waals surface area contributed by atoms with Gasteiger partial charge in [0.25, 0.3) is 0 Å².